The van der Waals surface area contributed by atoms with Crippen molar-refractivity contribution in [2.45, 2.75) is 18.4 Å². The highest BCUT2D eigenvalue weighted by Crippen LogP contribution is 2.49. The van der Waals surface area contributed by atoms with Crippen LogP contribution in [0.4, 0.5) is 0 Å². The van der Waals surface area contributed by atoms with E-state index < -0.39 is 5.60 Å². The van der Waals surface area contributed by atoms with Crippen molar-refractivity contribution in [3.63, 3.8) is 0 Å². The number of benzene rings is 2. The minimum atomic E-state index is -1.01. The number of hydrogen-bond acceptors (Lipinski definition) is 2. The normalized spacial score (nSPS) is 22.3. The fraction of sp³-hybridized carbons (Fsp3) is 0.333. The van der Waals surface area contributed by atoms with Gasteiger partial charge in [0.15, 0.2) is 0 Å². The first-order valence-corrected chi connectivity index (χ1v) is 7.21. The third-order valence-corrected chi connectivity index (χ3v) is 4.62. The topological polar surface area (TPSA) is 40.5 Å². The number of hydrogen-bond donors (Lipinski definition) is 2. The maximum atomic E-state index is 11.5. The van der Waals surface area contributed by atoms with Crippen LogP contribution in [0, 0.1) is 11.8 Å². The Bertz CT molecular complexity index is 509. The lowest BCUT2D eigenvalue weighted by Crippen LogP contribution is -2.47. The maximum Gasteiger partial charge on any atom is 0.118 e. The second-order valence-corrected chi connectivity index (χ2v) is 5.62. The zero-order chi connectivity index (χ0) is 14.0. The quantitative estimate of drug-likeness (QED) is 0.895. The van der Waals surface area contributed by atoms with Crippen molar-refractivity contribution in [1.29, 1.82) is 0 Å². The van der Waals surface area contributed by atoms with Gasteiger partial charge in [0.2, 0.25) is 0 Å². The first-order chi connectivity index (χ1) is 9.76. The zero-order valence-corrected chi connectivity index (χ0v) is 11.4. The van der Waals surface area contributed by atoms with Crippen molar-refractivity contribution in [3.05, 3.63) is 71.8 Å². The standard InChI is InChI=1S/C18H20O2/c19-13-14-11-12-17(14)18(20,15-7-3-1-4-8-15)16-9-5-2-6-10-16/h1-10,14,17,19-20H,11-13H2/t14-,17-/m1/s1. The first-order valence-electron chi connectivity index (χ1n) is 7.21. The molecule has 0 aliphatic heterocycles. The largest absolute Gasteiger partial charge is 0.396 e. The molecule has 1 aliphatic carbocycles. The van der Waals surface area contributed by atoms with Gasteiger partial charge in [-0.15, -0.1) is 0 Å². The molecule has 0 amide bonds. The van der Waals surface area contributed by atoms with Gasteiger partial charge >= 0.3 is 0 Å². The number of aliphatic hydroxyl groups is 2. The molecule has 0 aromatic heterocycles. The predicted octanol–water partition coefficient (Wildman–Crippen LogP) is 2.94. The zero-order valence-electron chi connectivity index (χ0n) is 11.4. The van der Waals surface area contributed by atoms with Gasteiger partial charge in [-0.3, -0.25) is 0 Å². The summed E-state index contributed by atoms with van der Waals surface area (Å²) < 4.78 is 0. The molecule has 1 saturated carbocycles. The summed E-state index contributed by atoms with van der Waals surface area (Å²) in [5.74, 6) is 0.262. The summed E-state index contributed by atoms with van der Waals surface area (Å²) in [6.45, 7) is 0.145. The molecule has 2 aromatic carbocycles. The Labute approximate surface area is 119 Å². The molecule has 2 nitrogen and oxygen atoms in total. The molecule has 2 atom stereocenters. The van der Waals surface area contributed by atoms with Crippen molar-refractivity contribution in [2.24, 2.45) is 11.8 Å². The van der Waals surface area contributed by atoms with E-state index >= 15 is 0 Å². The highest BCUT2D eigenvalue weighted by molar-refractivity contribution is 5.37. The van der Waals surface area contributed by atoms with Crippen LogP contribution in [0.1, 0.15) is 24.0 Å². The number of rotatable bonds is 4. The molecule has 0 spiro atoms. The Morgan fingerprint density at radius 3 is 1.70 bits per heavy atom. The van der Waals surface area contributed by atoms with Crippen LogP contribution in [0.3, 0.4) is 0 Å². The monoisotopic (exact) mass is 268 g/mol. The predicted molar refractivity (Wildman–Crippen MR) is 79.2 cm³/mol. The van der Waals surface area contributed by atoms with E-state index in [-0.39, 0.29) is 18.4 Å². The first kappa shape index (κ1) is 13.3. The molecular weight excluding hydrogens is 248 g/mol. The van der Waals surface area contributed by atoms with E-state index in [0.717, 1.165) is 24.0 Å². The summed E-state index contributed by atoms with van der Waals surface area (Å²) in [5, 5.41) is 21.0. The minimum Gasteiger partial charge on any atom is -0.396 e. The molecule has 1 aliphatic rings. The Kier molecular flexibility index (Phi) is 3.60. The molecule has 20 heavy (non-hydrogen) atoms. The molecule has 0 unspecified atom stereocenters. The maximum absolute atomic E-state index is 11.5. The van der Waals surface area contributed by atoms with Crippen LogP contribution >= 0.6 is 0 Å². The molecule has 1 fully saturated rings. The van der Waals surface area contributed by atoms with Crippen LogP contribution in [0.5, 0.6) is 0 Å². The van der Waals surface area contributed by atoms with Crippen molar-refractivity contribution in [1.82, 2.24) is 0 Å². The van der Waals surface area contributed by atoms with E-state index in [1.165, 1.54) is 0 Å². The molecule has 3 rings (SSSR count). The van der Waals surface area contributed by atoms with Gasteiger partial charge in [0.05, 0.1) is 0 Å². The van der Waals surface area contributed by atoms with Crippen molar-refractivity contribution < 1.29 is 10.2 Å². The third-order valence-electron chi connectivity index (χ3n) is 4.62. The lowest BCUT2D eigenvalue weighted by atomic mass is 9.61. The SMILES string of the molecule is OC[C@H]1CC[C@H]1C(O)(c1ccccc1)c1ccccc1. The Morgan fingerprint density at radius 2 is 1.35 bits per heavy atom. The van der Waals surface area contributed by atoms with E-state index in [1.54, 1.807) is 0 Å². The van der Waals surface area contributed by atoms with Crippen LogP contribution in [0.25, 0.3) is 0 Å². The van der Waals surface area contributed by atoms with Gasteiger partial charge in [-0.1, -0.05) is 60.7 Å². The van der Waals surface area contributed by atoms with Gasteiger partial charge in [-0.2, -0.15) is 0 Å². The lowest BCUT2D eigenvalue weighted by Gasteiger charge is -2.47. The van der Waals surface area contributed by atoms with Crippen LogP contribution in [-0.4, -0.2) is 16.8 Å². The third kappa shape index (κ3) is 2.05. The van der Waals surface area contributed by atoms with Gasteiger partial charge in [-0.05, 0) is 29.9 Å². The molecule has 2 heteroatoms. The van der Waals surface area contributed by atoms with Gasteiger partial charge in [0.25, 0.3) is 0 Å². The fourth-order valence-electron chi connectivity index (χ4n) is 3.32. The van der Waals surface area contributed by atoms with Gasteiger partial charge in [0, 0.05) is 12.5 Å². The Morgan fingerprint density at radius 1 is 0.850 bits per heavy atom. The summed E-state index contributed by atoms with van der Waals surface area (Å²) in [6.07, 6.45) is 1.94. The van der Waals surface area contributed by atoms with E-state index in [0.29, 0.717) is 0 Å². The summed E-state index contributed by atoms with van der Waals surface area (Å²) in [6, 6.07) is 19.6. The fourth-order valence-corrected chi connectivity index (χ4v) is 3.32. The van der Waals surface area contributed by atoms with Crippen molar-refractivity contribution in [2.75, 3.05) is 6.61 Å². The Hall–Kier alpha value is -1.64. The van der Waals surface area contributed by atoms with E-state index in [4.69, 9.17) is 0 Å². The van der Waals surface area contributed by atoms with Gasteiger partial charge < -0.3 is 10.2 Å². The Balaban J connectivity index is 2.08. The second kappa shape index (κ2) is 5.39. The van der Waals surface area contributed by atoms with E-state index in [1.807, 2.05) is 60.7 Å². The van der Waals surface area contributed by atoms with Crippen molar-refractivity contribution in [3.8, 4) is 0 Å². The molecular formula is C18H20O2. The van der Waals surface area contributed by atoms with Crippen LogP contribution in [-0.2, 0) is 5.60 Å². The van der Waals surface area contributed by atoms with Crippen molar-refractivity contribution >= 4 is 0 Å². The highest BCUT2D eigenvalue weighted by atomic mass is 16.3. The average molecular weight is 268 g/mol. The summed E-state index contributed by atoms with van der Waals surface area (Å²) in [4.78, 5) is 0. The minimum absolute atomic E-state index is 0.0808. The molecule has 0 heterocycles. The van der Waals surface area contributed by atoms with Gasteiger partial charge in [-0.25, -0.2) is 0 Å². The highest BCUT2D eigenvalue weighted by Gasteiger charge is 2.48. The van der Waals surface area contributed by atoms with E-state index in [2.05, 4.69) is 0 Å². The summed E-state index contributed by atoms with van der Waals surface area (Å²) in [7, 11) is 0. The lowest BCUT2D eigenvalue weighted by molar-refractivity contribution is -0.0729. The van der Waals surface area contributed by atoms with Crippen LogP contribution < -0.4 is 0 Å². The number of aliphatic hydroxyl groups excluding tert-OH is 1. The van der Waals surface area contributed by atoms with Crippen LogP contribution in [0.2, 0.25) is 0 Å². The molecule has 2 N–H and O–H groups in total. The van der Waals surface area contributed by atoms with E-state index in [9.17, 15) is 10.2 Å². The molecule has 104 valence electrons. The summed E-state index contributed by atoms with van der Waals surface area (Å²) in [5.41, 5.74) is 0.817. The van der Waals surface area contributed by atoms with Crippen LogP contribution in [0.15, 0.2) is 60.7 Å². The van der Waals surface area contributed by atoms with Gasteiger partial charge in [0.1, 0.15) is 5.60 Å². The summed E-state index contributed by atoms with van der Waals surface area (Å²) >= 11 is 0. The molecule has 2 aromatic rings. The second-order valence-electron chi connectivity index (χ2n) is 5.62. The smallest absolute Gasteiger partial charge is 0.118 e. The average Bonchev–Trinajstić information content (AvgIpc) is 2.48. The molecule has 0 bridgehead atoms. The molecule has 0 saturated heterocycles. The molecule has 0 radical (unpaired) electrons.